The highest BCUT2D eigenvalue weighted by atomic mass is 35.5. The van der Waals surface area contributed by atoms with Gasteiger partial charge >= 0.3 is 0 Å². The van der Waals surface area contributed by atoms with Crippen LogP contribution < -0.4 is 9.16 Å². The summed E-state index contributed by atoms with van der Waals surface area (Å²) in [5, 5.41) is 12.4. The van der Waals surface area contributed by atoms with E-state index in [4.69, 9.17) is 20.8 Å². The molecule has 2 aromatic rings. The summed E-state index contributed by atoms with van der Waals surface area (Å²) in [6.07, 6.45) is 0. The second-order valence-electron chi connectivity index (χ2n) is 8.07. The highest BCUT2D eigenvalue weighted by molar-refractivity contribution is 7.07. The molecule has 2 rings (SSSR count). The molecule has 4 nitrogen and oxygen atoms in total. The number of thiazole rings is 1. The zero-order chi connectivity index (χ0) is 21.1. The molecule has 28 heavy (non-hydrogen) atoms. The van der Waals surface area contributed by atoms with Crippen molar-refractivity contribution in [3.8, 4) is 11.5 Å². The van der Waals surface area contributed by atoms with Gasteiger partial charge in [0.1, 0.15) is 16.5 Å². The molecule has 1 atom stereocenters. The van der Waals surface area contributed by atoms with E-state index in [-0.39, 0.29) is 12.5 Å². The van der Waals surface area contributed by atoms with E-state index in [2.05, 4.69) is 46.5 Å². The smallest absolute Gasteiger partial charge is 0.258 e. The molecular formula is C21H32ClNO3SSi. The van der Waals surface area contributed by atoms with E-state index < -0.39 is 8.32 Å². The predicted octanol–water partition coefficient (Wildman–Crippen LogP) is 6.48. The van der Waals surface area contributed by atoms with Gasteiger partial charge in [0, 0.05) is 10.9 Å². The minimum atomic E-state index is -2.14. The van der Waals surface area contributed by atoms with Crippen LogP contribution >= 0.6 is 22.9 Å². The molecular weight excluding hydrogens is 410 g/mol. The molecule has 0 fully saturated rings. The van der Waals surface area contributed by atoms with Crippen LogP contribution in [0.15, 0.2) is 23.0 Å². The van der Waals surface area contributed by atoms with E-state index in [1.165, 1.54) is 11.3 Å². The number of ether oxygens (including phenoxy) is 1. The Morgan fingerprint density at radius 1 is 1.11 bits per heavy atom. The van der Waals surface area contributed by atoms with Gasteiger partial charge in [-0.1, -0.05) is 59.2 Å². The molecule has 1 unspecified atom stereocenters. The first-order valence-electron chi connectivity index (χ1n) is 9.74. The lowest BCUT2D eigenvalue weighted by atomic mass is 9.96. The van der Waals surface area contributed by atoms with Crippen LogP contribution in [0.2, 0.25) is 21.6 Å². The fraction of sp³-hybridized carbons (Fsp3) is 0.571. The Morgan fingerprint density at radius 3 is 2.14 bits per heavy atom. The fourth-order valence-electron chi connectivity index (χ4n) is 4.40. The Morgan fingerprint density at radius 2 is 1.71 bits per heavy atom. The number of methoxy groups -OCH3 is 1. The van der Waals surface area contributed by atoms with Gasteiger partial charge in [0.05, 0.1) is 30.8 Å². The third-order valence-corrected chi connectivity index (χ3v) is 12.6. The maximum absolute atomic E-state index is 9.98. The van der Waals surface area contributed by atoms with Crippen LogP contribution in [-0.2, 0) is 0 Å². The van der Waals surface area contributed by atoms with Crippen LogP contribution in [-0.4, -0.2) is 32.1 Å². The number of hydrogen-bond acceptors (Lipinski definition) is 5. The number of rotatable bonds is 9. The number of aliphatic hydroxyl groups is 1. The number of benzene rings is 1. The van der Waals surface area contributed by atoms with Gasteiger partial charge in [-0.2, -0.15) is 0 Å². The van der Waals surface area contributed by atoms with Crippen molar-refractivity contribution in [2.45, 2.75) is 64.1 Å². The third-order valence-electron chi connectivity index (χ3n) is 5.66. The Labute approximate surface area is 179 Å². The van der Waals surface area contributed by atoms with Crippen LogP contribution in [0.3, 0.4) is 0 Å². The summed E-state index contributed by atoms with van der Waals surface area (Å²) in [5.41, 5.74) is 4.71. The standard InChI is InChI=1S/C21H32ClNO3SSi/c1-13(2)28(14(3)4,15(5)6)26-19-9-8-16(21(25-7)20(19)22)17(10-24)18-11-27-12-23-18/h8-9,11-15,17,24H,10H2,1-7H3. The first kappa shape index (κ1) is 23.2. The molecule has 1 N–H and O–H groups in total. The van der Waals surface area contributed by atoms with Gasteiger partial charge < -0.3 is 14.3 Å². The topological polar surface area (TPSA) is 51.6 Å². The minimum Gasteiger partial charge on any atom is -0.542 e. The molecule has 0 aliphatic heterocycles. The first-order valence-corrected chi connectivity index (χ1v) is 13.2. The van der Waals surface area contributed by atoms with Crippen LogP contribution in [0, 0.1) is 0 Å². The second-order valence-corrected chi connectivity index (χ2v) is 14.5. The van der Waals surface area contributed by atoms with Crippen molar-refractivity contribution in [2.75, 3.05) is 13.7 Å². The number of aromatic nitrogens is 1. The molecule has 0 amide bonds. The Bertz CT molecular complexity index is 743. The highest BCUT2D eigenvalue weighted by Crippen LogP contribution is 2.47. The van der Waals surface area contributed by atoms with Crippen molar-refractivity contribution in [2.24, 2.45) is 0 Å². The van der Waals surface area contributed by atoms with Crippen LogP contribution in [0.5, 0.6) is 11.5 Å². The monoisotopic (exact) mass is 441 g/mol. The number of hydrogen-bond donors (Lipinski definition) is 1. The SMILES string of the molecule is COc1c(C(CO)c2cscn2)ccc(O[Si](C(C)C)(C(C)C)C(C)C)c1Cl. The summed E-state index contributed by atoms with van der Waals surface area (Å²) in [7, 11) is -0.542. The predicted molar refractivity (Wildman–Crippen MR) is 121 cm³/mol. The number of nitrogens with zero attached hydrogens (tertiary/aromatic N) is 1. The largest absolute Gasteiger partial charge is 0.542 e. The summed E-state index contributed by atoms with van der Waals surface area (Å²) in [6, 6.07) is 3.87. The van der Waals surface area contributed by atoms with Crippen molar-refractivity contribution >= 4 is 31.3 Å². The van der Waals surface area contributed by atoms with Gasteiger partial charge in [0.25, 0.3) is 8.32 Å². The second kappa shape index (κ2) is 9.61. The van der Waals surface area contributed by atoms with E-state index in [9.17, 15) is 5.11 Å². The maximum Gasteiger partial charge on any atom is 0.258 e. The van der Waals surface area contributed by atoms with E-state index in [0.29, 0.717) is 33.1 Å². The van der Waals surface area contributed by atoms with Gasteiger partial charge in [0.15, 0.2) is 0 Å². The fourth-order valence-corrected chi connectivity index (χ4v) is 10.6. The summed E-state index contributed by atoms with van der Waals surface area (Å²) >= 11 is 8.27. The molecule has 0 aliphatic carbocycles. The Kier molecular flexibility index (Phi) is 7.96. The van der Waals surface area contributed by atoms with Crippen molar-refractivity contribution in [1.29, 1.82) is 0 Å². The average molecular weight is 442 g/mol. The lowest BCUT2D eigenvalue weighted by molar-refractivity contribution is 0.275. The molecule has 156 valence electrons. The van der Waals surface area contributed by atoms with Crippen molar-refractivity contribution < 1.29 is 14.3 Å². The molecule has 1 heterocycles. The lowest BCUT2D eigenvalue weighted by Gasteiger charge is -2.42. The maximum atomic E-state index is 9.98. The zero-order valence-corrected chi connectivity index (χ0v) is 20.4. The third kappa shape index (κ3) is 4.25. The average Bonchev–Trinajstić information content (AvgIpc) is 3.15. The summed E-state index contributed by atoms with van der Waals surface area (Å²) in [5.74, 6) is 0.931. The van der Waals surface area contributed by atoms with Gasteiger partial charge in [-0.25, -0.2) is 4.98 Å². The molecule has 7 heteroatoms. The number of aliphatic hydroxyl groups excluding tert-OH is 1. The van der Waals surface area contributed by atoms with Crippen LogP contribution in [0.25, 0.3) is 0 Å². The summed E-state index contributed by atoms with van der Waals surface area (Å²) < 4.78 is 12.4. The molecule has 1 aromatic heterocycles. The quantitative estimate of drug-likeness (QED) is 0.452. The van der Waals surface area contributed by atoms with Gasteiger partial charge in [-0.05, 0) is 22.7 Å². The lowest BCUT2D eigenvalue weighted by Crippen LogP contribution is -2.50. The van der Waals surface area contributed by atoms with Crippen molar-refractivity contribution in [3.05, 3.63) is 39.3 Å². The summed E-state index contributed by atoms with van der Waals surface area (Å²) in [4.78, 5) is 4.36. The zero-order valence-electron chi connectivity index (χ0n) is 17.8. The van der Waals surface area contributed by atoms with Crippen molar-refractivity contribution in [1.82, 2.24) is 4.98 Å². The first-order chi connectivity index (χ1) is 13.2. The van der Waals surface area contributed by atoms with Gasteiger partial charge in [-0.15, -0.1) is 11.3 Å². The summed E-state index contributed by atoms with van der Waals surface area (Å²) in [6.45, 7) is 13.4. The molecule has 1 aromatic carbocycles. The van der Waals surface area contributed by atoms with E-state index in [1.807, 2.05) is 17.5 Å². The molecule has 0 bridgehead atoms. The highest BCUT2D eigenvalue weighted by Gasteiger charge is 2.47. The van der Waals surface area contributed by atoms with Crippen LogP contribution in [0.4, 0.5) is 0 Å². The van der Waals surface area contributed by atoms with E-state index >= 15 is 0 Å². The Hall–Kier alpha value is -1.08. The van der Waals surface area contributed by atoms with E-state index in [1.54, 1.807) is 12.6 Å². The molecule has 0 aliphatic rings. The van der Waals surface area contributed by atoms with Crippen molar-refractivity contribution in [3.63, 3.8) is 0 Å². The van der Waals surface area contributed by atoms with Crippen LogP contribution in [0.1, 0.15) is 58.7 Å². The van der Waals surface area contributed by atoms with Gasteiger partial charge in [0.2, 0.25) is 0 Å². The normalized spacial score (nSPS) is 13.4. The number of halogens is 1. The Balaban J connectivity index is 2.54. The molecule has 0 saturated heterocycles. The minimum absolute atomic E-state index is 0.0701. The molecule has 0 radical (unpaired) electrons. The van der Waals surface area contributed by atoms with Gasteiger partial charge in [-0.3, -0.25) is 0 Å². The van der Waals surface area contributed by atoms with E-state index in [0.717, 1.165) is 11.3 Å². The molecule has 0 saturated carbocycles. The molecule has 0 spiro atoms.